The van der Waals surface area contributed by atoms with Gasteiger partial charge in [0.25, 0.3) is 6.43 Å². The molecule has 1 N–H and O–H groups in total. The van der Waals surface area contributed by atoms with Crippen LogP contribution in [0.5, 0.6) is 5.88 Å². The summed E-state index contributed by atoms with van der Waals surface area (Å²) in [5.41, 5.74) is -0.513. The molecule has 0 spiro atoms. The van der Waals surface area contributed by atoms with E-state index in [-0.39, 0.29) is 23.5 Å². The number of rotatable bonds is 6. The van der Waals surface area contributed by atoms with Crippen LogP contribution in [0.3, 0.4) is 0 Å². The summed E-state index contributed by atoms with van der Waals surface area (Å²) < 4.78 is 30.9. The molecule has 9 heteroatoms. The molecule has 2 heterocycles. The van der Waals surface area contributed by atoms with Gasteiger partial charge in [-0.15, -0.1) is 0 Å². The molecule has 0 saturated carbocycles. The first kappa shape index (κ1) is 16.6. The van der Waals surface area contributed by atoms with Crippen LogP contribution in [0, 0.1) is 0 Å². The Bertz CT molecular complexity index is 645. The Morgan fingerprint density at radius 1 is 1.27 bits per heavy atom. The summed E-state index contributed by atoms with van der Waals surface area (Å²) in [7, 11) is 0. The van der Waals surface area contributed by atoms with Gasteiger partial charge in [0.05, 0.1) is 6.54 Å². The van der Waals surface area contributed by atoms with Gasteiger partial charge in [-0.25, -0.2) is 23.7 Å². The fraction of sp³-hybridized carbons (Fsp3) is 0.308. The second kappa shape index (κ2) is 7.51. The fourth-order valence-corrected chi connectivity index (χ4v) is 2.00. The van der Waals surface area contributed by atoms with Gasteiger partial charge in [0.2, 0.25) is 5.88 Å². The Kier molecular flexibility index (Phi) is 5.68. The quantitative estimate of drug-likeness (QED) is 0.854. The van der Waals surface area contributed by atoms with Gasteiger partial charge in [-0.3, -0.25) is 0 Å². The molecule has 5 nitrogen and oxygen atoms in total. The summed E-state index contributed by atoms with van der Waals surface area (Å²) in [6.07, 6.45) is -0.528. The third-order valence-electron chi connectivity index (χ3n) is 2.62. The number of nitrogens with one attached hydrogen (secondary N) is 1. The first-order chi connectivity index (χ1) is 10.5. The van der Waals surface area contributed by atoms with Gasteiger partial charge in [0.1, 0.15) is 34.0 Å². The molecule has 22 heavy (non-hydrogen) atoms. The van der Waals surface area contributed by atoms with Crippen LogP contribution in [0.15, 0.2) is 24.7 Å². The van der Waals surface area contributed by atoms with Crippen LogP contribution in [0.4, 0.5) is 14.6 Å². The normalized spacial score (nSPS) is 12.3. The van der Waals surface area contributed by atoms with Crippen LogP contribution in [-0.4, -0.2) is 27.6 Å². The summed E-state index contributed by atoms with van der Waals surface area (Å²) >= 11 is 11.8. The topological polar surface area (TPSA) is 59.9 Å². The molecule has 0 fully saturated rings. The monoisotopic (exact) mass is 348 g/mol. The molecule has 1 atom stereocenters. The van der Waals surface area contributed by atoms with Crippen LogP contribution in [0.25, 0.3) is 0 Å². The zero-order valence-corrected chi connectivity index (χ0v) is 12.9. The molecule has 0 aliphatic carbocycles. The lowest BCUT2D eigenvalue weighted by Crippen LogP contribution is -2.24. The molecule has 1 unspecified atom stereocenters. The standard InChI is InChI=1S/C13H12Cl2F2N4O/c1-7(22-13-8(14)3-2-4-18-13)5-19-12-9(15)10(11(16)17)20-6-21-12/h2-4,6-7,11H,5H2,1H3,(H,19,20,21). The maximum Gasteiger partial charge on any atom is 0.282 e. The molecule has 0 aromatic carbocycles. The third kappa shape index (κ3) is 4.14. The molecule has 0 radical (unpaired) electrons. The summed E-state index contributed by atoms with van der Waals surface area (Å²) in [5.74, 6) is 0.412. The molecule has 0 bridgehead atoms. The molecule has 0 amide bonds. The van der Waals surface area contributed by atoms with Gasteiger partial charge < -0.3 is 10.1 Å². The van der Waals surface area contributed by atoms with E-state index in [1.165, 1.54) is 0 Å². The van der Waals surface area contributed by atoms with E-state index in [1.54, 1.807) is 25.3 Å². The zero-order valence-electron chi connectivity index (χ0n) is 11.4. The lowest BCUT2D eigenvalue weighted by atomic mass is 10.3. The number of hydrogen-bond acceptors (Lipinski definition) is 5. The van der Waals surface area contributed by atoms with Gasteiger partial charge in [-0.2, -0.15) is 0 Å². The van der Waals surface area contributed by atoms with Crippen molar-refractivity contribution in [1.29, 1.82) is 0 Å². The smallest absolute Gasteiger partial charge is 0.282 e. The van der Waals surface area contributed by atoms with E-state index in [0.29, 0.717) is 10.9 Å². The van der Waals surface area contributed by atoms with Gasteiger partial charge in [0, 0.05) is 6.20 Å². The summed E-state index contributed by atoms with van der Waals surface area (Å²) in [6, 6.07) is 3.34. The lowest BCUT2D eigenvalue weighted by molar-refractivity contribution is 0.146. The van der Waals surface area contributed by atoms with Crippen molar-refractivity contribution in [2.45, 2.75) is 19.5 Å². The summed E-state index contributed by atoms with van der Waals surface area (Å²) in [5, 5.41) is 3.01. The molecular formula is C13H12Cl2F2N4O. The number of alkyl halides is 2. The van der Waals surface area contributed by atoms with Crippen LogP contribution < -0.4 is 10.1 Å². The van der Waals surface area contributed by atoms with E-state index < -0.39 is 12.1 Å². The van der Waals surface area contributed by atoms with Crippen LogP contribution in [0.1, 0.15) is 19.0 Å². The van der Waals surface area contributed by atoms with Gasteiger partial charge in [0.15, 0.2) is 0 Å². The second-order valence-electron chi connectivity index (χ2n) is 4.32. The van der Waals surface area contributed by atoms with E-state index in [9.17, 15) is 8.78 Å². The van der Waals surface area contributed by atoms with Crippen molar-refractivity contribution in [2.75, 3.05) is 11.9 Å². The third-order valence-corrected chi connectivity index (χ3v) is 3.28. The SMILES string of the molecule is CC(CNc1ncnc(C(F)F)c1Cl)Oc1ncccc1Cl. The van der Waals surface area contributed by atoms with Gasteiger partial charge in [-0.05, 0) is 19.1 Å². The molecule has 0 aliphatic heterocycles. The van der Waals surface area contributed by atoms with E-state index >= 15 is 0 Å². The average Bonchev–Trinajstić information content (AvgIpc) is 2.48. The maximum atomic E-state index is 12.7. The largest absolute Gasteiger partial charge is 0.472 e. The van der Waals surface area contributed by atoms with Gasteiger partial charge >= 0.3 is 0 Å². The lowest BCUT2D eigenvalue weighted by Gasteiger charge is -2.16. The van der Waals surface area contributed by atoms with Crippen molar-refractivity contribution in [3.05, 3.63) is 40.4 Å². The predicted octanol–water partition coefficient (Wildman–Crippen LogP) is 4.00. The molecule has 2 aromatic rings. The van der Waals surface area contributed by atoms with Crippen molar-refractivity contribution >= 4 is 29.0 Å². The highest BCUT2D eigenvalue weighted by Crippen LogP contribution is 2.29. The first-order valence-corrected chi connectivity index (χ1v) is 7.04. The Labute approximate surface area is 135 Å². The van der Waals surface area contributed by atoms with Crippen LogP contribution in [-0.2, 0) is 0 Å². The highest BCUT2D eigenvalue weighted by Gasteiger charge is 2.18. The Balaban J connectivity index is 1.98. The van der Waals surface area contributed by atoms with Crippen LogP contribution in [0.2, 0.25) is 10.0 Å². The molecule has 118 valence electrons. The van der Waals surface area contributed by atoms with Crippen molar-refractivity contribution < 1.29 is 13.5 Å². The summed E-state index contributed by atoms with van der Waals surface area (Å²) in [4.78, 5) is 11.3. The Morgan fingerprint density at radius 3 is 2.73 bits per heavy atom. The minimum Gasteiger partial charge on any atom is -0.472 e. The molecule has 2 aromatic heterocycles. The van der Waals surface area contributed by atoms with Crippen molar-refractivity contribution in [1.82, 2.24) is 15.0 Å². The van der Waals surface area contributed by atoms with E-state index in [2.05, 4.69) is 20.3 Å². The number of anilines is 1. The number of aromatic nitrogens is 3. The second-order valence-corrected chi connectivity index (χ2v) is 5.11. The van der Waals surface area contributed by atoms with Crippen molar-refractivity contribution in [2.24, 2.45) is 0 Å². The van der Waals surface area contributed by atoms with Crippen molar-refractivity contribution in [3.63, 3.8) is 0 Å². The van der Waals surface area contributed by atoms with E-state index in [4.69, 9.17) is 27.9 Å². The number of hydrogen-bond donors (Lipinski definition) is 1. The van der Waals surface area contributed by atoms with Gasteiger partial charge in [-0.1, -0.05) is 23.2 Å². The molecule has 0 saturated heterocycles. The molecular weight excluding hydrogens is 337 g/mol. The number of halogens is 4. The Morgan fingerprint density at radius 2 is 2.05 bits per heavy atom. The zero-order chi connectivity index (χ0) is 16.1. The average molecular weight is 349 g/mol. The number of pyridine rings is 1. The Hall–Kier alpha value is -1.73. The number of nitrogens with zero attached hydrogens (tertiary/aromatic N) is 3. The highest BCUT2D eigenvalue weighted by molar-refractivity contribution is 6.33. The van der Waals surface area contributed by atoms with Crippen molar-refractivity contribution in [3.8, 4) is 5.88 Å². The summed E-state index contributed by atoms with van der Waals surface area (Å²) in [6.45, 7) is 2.04. The van der Waals surface area contributed by atoms with E-state index in [0.717, 1.165) is 6.33 Å². The molecule has 0 aliphatic rings. The highest BCUT2D eigenvalue weighted by atomic mass is 35.5. The molecule has 2 rings (SSSR count). The van der Waals surface area contributed by atoms with E-state index in [1.807, 2.05) is 0 Å². The number of ether oxygens (including phenoxy) is 1. The van der Waals surface area contributed by atoms with Crippen LogP contribution >= 0.6 is 23.2 Å². The maximum absolute atomic E-state index is 12.7. The minimum absolute atomic E-state index is 0.120. The minimum atomic E-state index is -2.77. The first-order valence-electron chi connectivity index (χ1n) is 6.28. The fourth-order valence-electron chi connectivity index (χ4n) is 1.59. The predicted molar refractivity (Wildman–Crippen MR) is 79.8 cm³/mol.